The van der Waals surface area contributed by atoms with E-state index in [0.29, 0.717) is 5.92 Å². The van der Waals surface area contributed by atoms with Crippen LogP contribution in [0.4, 0.5) is 4.39 Å². The fourth-order valence-electron chi connectivity index (χ4n) is 4.26. The zero-order chi connectivity index (χ0) is 17.7. The van der Waals surface area contributed by atoms with Gasteiger partial charge in [-0.3, -0.25) is 4.99 Å². The van der Waals surface area contributed by atoms with Crippen LogP contribution >= 0.6 is 0 Å². The maximum atomic E-state index is 13.3. The van der Waals surface area contributed by atoms with Crippen LogP contribution in [0, 0.1) is 11.7 Å². The third kappa shape index (κ3) is 4.32. The first-order chi connectivity index (χ1) is 12.1. The Kier molecular flexibility index (Phi) is 5.94. The van der Waals surface area contributed by atoms with Crippen LogP contribution in [0.5, 0.6) is 0 Å². The molecule has 25 heavy (non-hydrogen) atoms. The van der Waals surface area contributed by atoms with E-state index in [1.807, 2.05) is 19.2 Å². The van der Waals surface area contributed by atoms with Crippen LogP contribution in [0.3, 0.4) is 0 Å². The monoisotopic (exact) mass is 347 g/mol. The van der Waals surface area contributed by atoms with Crippen molar-refractivity contribution in [2.24, 2.45) is 10.9 Å². The third-order valence-corrected chi connectivity index (χ3v) is 5.73. The van der Waals surface area contributed by atoms with E-state index < -0.39 is 0 Å². The number of benzene rings is 1. The van der Waals surface area contributed by atoms with Gasteiger partial charge >= 0.3 is 0 Å². The number of aliphatic imine (C=N–C) groups is 1. The van der Waals surface area contributed by atoms with Crippen molar-refractivity contribution in [2.45, 2.75) is 37.5 Å². The van der Waals surface area contributed by atoms with Crippen molar-refractivity contribution in [1.29, 1.82) is 0 Å². The largest absolute Gasteiger partial charge is 0.381 e. The van der Waals surface area contributed by atoms with Gasteiger partial charge in [0.2, 0.25) is 0 Å². The topological polar surface area (TPSA) is 36.9 Å². The SMILES string of the molecule is CN=C(NCC1(c2ccc(F)cc2)CCCC1)N(C)CC1CCOC1. The van der Waals surface area contributed by atoms with Gasteiger partial charge in [-0.15, -0.1) is 0 Å². The molecular formula is C20H30FN3O. The predicted molar refractivity (Wildman–Crippen MR) is 99.5 cm³/mol. The summed E-state index contributed by atoms with van der Waals surface area (Å²) in [7, 11) is 3.93. The molecule has 1 aliphatic carbocycles. The van der Waals surface area contributed by atoms with E-state index in [1.165, 1.54) is 18.4 Å². The molecule has 1 unspecified atom stereocenters. The summed E-state index contributed by atoms with van der Waals surface area (Å²) >= 11 is 0. The van der Waals surface area contributed by atoms with Crippen LogP contribution in [-0.4, -0.2) is 51.3 Å². The van der Waals surface area contributed by atoms with Crippen molar-refractivity contribution in [3.63, 3.8) is 0 Å². The van der Waals surface area contributed by atoms with Gasteiger partial charge in [-0.2, -0.15) is 0 Å². The first-order valence-corrected chi connectivity index (χ1v) is 9.38. The Labute approximate surface area is 150 Å². The van der Waals surface area contributed by atoms with Crippen molar-refractivity contribution in [3.05, 3.63) is 35.6 Å². The molecule has 138 valence electrons. The van der Waals surface area contributed by atoms with Crippen molar-refractivity contribution in [1.82, 2.24) is 10.2 Å². The molecule has 1 atom stereocenters. The number of ether oxygens (including phenoxy) is 1. The number of guanidine groups is 1. The summed E-state index contributed by atoms with van der Waals surface area (Å²) in [5.74, 6) is 1.35. The molecule has 1 heterocycles. The van der Waals surface area contributed by atoms with Gasteiger partial charge in [0, 0.05) is 45.1 Å². The minimum absolute atomic E-state index is 0.0843. The molecular weight excluding hydrogens is 317 g/mol. The van der Waals surface area contributed by atoms with Gasteiger partial charge in [-0.05, 0) is 37.0 Å². The molecule has 5 heteroatoms. The fourth-order valence-corrected chi connectivity index (χ4v) is 4.26. The van der Waals surface area contributed by atoms with Gasteiger partial charge < -0.3 is 15.0 Å². The summed E-state index contributed by atoms with van der Waals surface area (Å²) in [4.78, 5) is 6.66. The van der Waals surface area contributed by atoms with Crippen LogP contribution in [0.25, 0.3) is 0 Å². The second-order valence-electron chi connectivity index (χ2n) is 7.51. The quantitative estimate of drug-likeness (QED) is 0.656. The van der Waals surface area contributed by atoms with Crippen LogP contribution in [0.2, 0.25) is 0 Å². The molecule has 2 aliphatic rings. The third-order valence-electron chi connectivity index (χ3n) is 5.73. The Morgan fingerprint density at radius 2 is 2.04 bits per heavy atom. The maximum Gasteiger partial charge on any atom is 0.193 e. The van der Waals surface area contributed by atoms with Crippen LogP contribution in [-0.2, 0) is 10.2 Å². The molecule has 4 nitrogen and oxygen atoms in total. The zero-order valence-electron chi connectivity index (χ0n) is 15.4. The summed E-state index contributed by atoms with van der Waals surface area (Å²) < 4.78 is 18.8. The number of hydrogen-bond acceptors (Lipinski definition) is 2. The molecule has 3 rings (SSSR count). The first kappa shape index (κ1) is 18.2. The molecule has 1 N–H and O–H groups in total. The molecule has 1 saturated carbocycles. The summed E-state index contributed by atoms with van der Waals surface area (Å²) in [5, 5.41) is 3.58. The van der Waals surface area contributed by atoms with Gasteiger partial charge in [0.15, 0.2) is 5.96 Å². The van der Waals surface area contributed by atoms with Gasteiger partial charge in [0.1, 0.15) is 5.82 Å². The molecule has 0 radical (unpaired) electrons. The molecule has 0 amide bonds. The van der Waals surface area contributed by atoms with Crippen LogP contribution in [0.15, 0.2) is 29.3 Å². The summed E-state index contributed by atoms with van der Waals surface area (Å²) in [5.41, 5.74) is 1.32. The highest BCUT2D eigenvalue weighted by Gasteiger charge is 2.36. The Morgan fingerprint density at radius 1 is 1.32 bits per heavy atom. The molecule has 1 saturated heterocycles. The second kappa shape index (κ2) is 8.17. The standard InChI is InChI=1S/C20H30FN3O/c1-22-19(24(2)13-16-9-12-25-14-16)23-15-20(10-3-4-11-20)17-5-7-18(21)8-6-17/h5-8,16H,3-4,9-15H2,1-2H3,(H,22,23). The molecule has 0 spiro atoms. The summed E-state index contributed by atoms with van der Waals surface area (Å²) in [6.45, 7) is 3.53. The van der Waals surface area contributed by atoms with E-state index in [9.17, 15) is 4.39 Å². The molecule has 1 aromatic rings. The Morgan fingerprint density at radius 3 is 2.64 bits per heavy atom. The predicted octanol–water partition coefficient (Wildman–Crippen LogP) is 3.18. The second-order valence-corrected chi connectivity index (χ2v) is 7.51. The van der Waals surface area contributed by atoms with Gasteiger partial charge in [-0.25, -0.2) is 4.39 Å². The lowest BCUT2D eigenvalue weighted by molar-refractivity contribution is 0.181. The van der Waals surface area contributed by atoms with E-state index in [4.69, 9.17) is 4.74 Å². The highest BCUT2D eigenvalue weighted by molar-refractivity contribution is 5.79. The van der Waals surface area contributed by atoms with Crippen LogP contribution in [0.1, 0.15) is 37.7 Å². The Hall–Kier alpha value is -1.62. The number of halogens is 1. The highest BCUT2D eigenvalue weighted by Crippen LogP contribution is 2.40. The highest BCUT2D eigenvalue weighted by atomic mass is 19.1. The van der Waals surface area contributed by atoms with E-state index >= 15 is 0 Å². The normalized spacial score (nSPS) is 23.0. The average Bonchev–Trinajstić information content (AvgIpc) is 3.28. The molecule has 2 fully saturated rings. The lowest BCUT2D eigenvalue weighted by Gasteiger charge is -2.33. The number of nitrogens with one attached hydrogen (secondary N) is 1. The zero-order valence-corrected chi connectivity index (χ0v) is 15.4. The van der Waals surface area contributed by atoms with Gasteiger partial charge in [0.25, 0.3) is 0 Å². The van der Waals surface area contributed by atoms with E-state index in [-0.39, 0.29) is 11.2 Å². The minimum atomic E-state index is -0.167. The molecule has 1 aliphatic heterocycles. The maximum absolute atomic E-state index is 13.3. The summed E-state index contributed by atoms with van der Waals surface area (Å²) in [6.07, 6.45) is 5.87. The average molecular weight is 347 g/mol. The Balaban J connectivity index is 1.64. The first-order valence-electron chi connectivity index (χ1n) is 9.38. The lowest BCUT2D eigenvalue weighted by atomic mass is 9.79. The lowest BCUT2D eigenvalue weighted by Crippen LogP contribution is -2.46. The fraction of sp³-hybridized carbons (Fsp3) is 0.650. The number of rotatable bonds is 5. The van der Waals surface area contributed by atoms with E-state index in [2.05, 4.69) is 22.3 Å². The Bertz CT molecular complexity index is 575. The van der Waals surface area contributed by atoms with Gasteiger partial charge in [0.05, 0.1) is 6.61 Å². The van der Waals surface area contributed by atoms with E-state index in [1.54, 1.807) is 12.1 Å². The number of hydrogen-bond donors (Lipinski definition) is 1. The molecule has 0 aromatic heterocycles. The smallest absolute Gasteiger partial charge is 0.193 e. The van der Waals surface area contributed by atoms with Crippen molar-refractivity contribution in [3.8, 4) is 0 Å². The van der Waals surface area contributed by atoms with Crippen molar-refractivity contribution < 1.29 is 9.13 Å². The molecule has 1 aromatic carbocycles. The molecule has 0 bridgehead atoms. The number of nitrogens with zero attached hydrogens (tertiary/aromatic N) is 2. The van der Waals surface area contributed by atoms with Crippen LogP contribution < -0.4 is 5.32 Å². The van der Waals surface area contributed by atoms with Crippen molar-refractivity contribution in [2.75, 3.05) is 40.4 Å². The van der Waals surface area contributed by atoms with E-state index in [0.717, 1.165) is 51.5 Å². The minimum Gasteiger partial charge on any atom is -0.381 e. The van der Waals surface area contributed by atoms with Crippen molar-refractivity contribution >= 4 is 5.96 Å². The van der Waals surface area contributed by atoms with Gasteiger partial charge in [-0.1, -0.05) is 25.0 Å². The summed E-state index contributed by atoms with van der Waals surface area (Å²) in [6, 6.07) is 7.06.